The normalized spacial score (nSPS) is 11.6. The van der Waals surface area contributed by atoms with Crippen LogP contribution in [0.1, 0.15) is 0 Å². The maximum atomic E-state index is 6.60. The number of benzene rings is 8. The Bertz CT molecular complexity index is 3180. The summed E-state index contributed by atoms with van der Waals surface area (Å²) in [6.07, 6.45) is 0. The van der Waals surface area contributed by atoms with E-state index in [9.17, 15) is 0 Å². The fourth-order valence-electron chi connectivity index (χ4n) is 8.02. The summed E-state index contributed by atoms with van der Waals surface area (Å²) in [5, 5.41) is 4.57. The lowest BCUT2D eigenvalue weighted by molar-refractivity contribution is 0.669. The van der Waals surface area contributed by atoms with E-state index in [4.69, 9.17) is 19.4 Å². The van der Waals surface area contributed by atoms with Gasteiger partial charge >= 0.3 is 0 Å². The van der Waals surface area contributed by atoms with E-state index in [1.54, 1.807) is 0 Å². The summed E-state index contributed by atoms with van der Waals surface area (Å²) < 4.78 is 8.95. The average Bonchev–Trinajstić information content (AvgIpc) is 3.82. The van der Waals surface area contributed by atoms with Crippen LogP contribution < -0.4 is 0 Å². The van der Waals surface area contributed by atoms with Crippen LogP contribution >= 0.6 is 0 Å². The second-order valence-electron chi connectivity index (χ2n) is 14.0. The Balaban J connectivity index is 1.10. The van der Waals surface area contributed by atoms with Gasteiger partial charge in [-0.3, -0.25) is 0 Å². The molecule has 3 aromatic heterocycles. The van der Waals surface area contributed by atoms with Crippen LogP contribution in [0.2, 0.25) is 0 Å². The summed E-state index contributed by atoms with van der Waals surface area (Å²) in [6, 6.07) is 67.5. The second-order valence-corrected chi connectivity index (χ2v) is 14.0. The summed E-state index contributed by atoms with van der Waals surface area (Å²) in [5.74, 6) is 1.88. The molecular weight excluding hydrogens is 685 g/mol. The Kier molecular flexibility index (Phi) is 7.42. The van der Waals surface area contributed by atoms with E-state index in [1.807, 2.05) is 72.8 Å². The molecule has 0 radical (unpaired) electrons. The van der Waals surface area contributed by atoms with Gasteiger partial charge < -0.3 is 8.98 Å². The molecule has 0 spiro atoms. The molecule has 0 amide bonds. The third kappa shape index (κ3) is 5.37. The molecule has 0 aliphatic rings. The van der Waals surface area contributed by atoms with E-state index >= 15 is 0 Å². The highest BCUT2D eigenvalue weighted by atomic mass is 16.3. The molecular formula is C51H32N4O. The molecule has 0 unspecified atom stereocenters. The van der Waals surface area contributed by atoms with Crippen molar-refractivity contribution in [3.8, 4) is 62.1 Å². The van der Waals surface area contributed by atoms with Crippen molar-refractivity contribution < 1.29 is 4.42 Å². The molecule has 11 aromatic rings. The smallest absolute Gasteiger partial charge is 0.164 e. The summed E-state index contributed by atoms with van der Waals surface area (Å²) in [6.45, 7) is 0. The lowest BCUT2D eigenvalue weighted by Crippen LogP contribution is -2.00. The van der Waals surface area contributed by atoms with Crippen LogP contribution in [0, 0.1) is 0 Å². The minimum Gasteiger partial charge on any atom is -0.456 e. The van der Waals surface area contributed by atoms with Gasteiger partial charge in [-0.1, -0.05) is 140 Å². The number of hydrogen-bond acceptors (Lipinski definition) is 4. The van der Waals surface area contributed by atoms with Crippen molar-refractivity contribution in [2.75, 3.05) is 0 Å². The van der Waals surface area contributed by atoms with Crippen molar-refractivity contribution in [2.45, 2.75) is 0 Å². The summed E-state index contributed by atoms with van der Waals surface area (Å²) in [5.41, 5.74) is 12.3. The molecule has 5 nitrogen and oxygen atoms in total. The first-order chi connectivity index (χ1) is 27.7. The molecule has 0 fully saturated rings. The fraction of sp³-hybridized carbons (Fsp3) is 0. The first-order valence-corrected chi connectivity index (χ1v) is 18.8. The van der Waals surface area contributed by atoms with Gasteiger partial charge in [-0.25, -0.2) is 15.0 Å². The van der Waals surface area contributed by atoms with Gasteiger partial charge in [0, 0.05) is 43.9 Å². The summed E-state index contributed by atoms with van der Waals surface area (Å²) in [4.78, 5) is 15.0. The van der Waals surface area contributed by atoms with Crippen LogP contribution in [-0.2, 0) is 0 Å². The highest BCUT2D eigenvalue weighted by Gasteiger charge is 2.19. The second kappa shape index (κ2) is 13.0. The van der Waals surface area contributed by atoms with Gasteiger partial charge in [0.2, 0.25) is 0 Å². The van der Waals surface area contributed by atoms with Gasteiger partial charge in [0.15, 0.2) is 17.5 Å². The maximum absolute atomic E-state index is 6.60. The van der Waals surface area contributed by atoms with Gasteiger partial charge in [0.25, 0.3) is 0 Å². The van der Waals surface area contributed by atoms with Crippen molar-refractivity contribution in [2.24, 2.45) is 0 Å². The molecule has 5 heteroatoms. The molecule has 0 aliphatic heterocycles. The zero-order valence-corrected chi connectivity index (χ0v) is 30.2. The van der Waals surface area contributed by atoms with Gasteiger partial charge in [-0.15, -0.1) is 0 Å². The van der Waals surface area contributed by atoms with Crippen molar-refractivity contribution in [1.82, 2.24) is 19.5 Å². The van der Waals surface area contributed by atoms with E-state index in [0.717, 1.165) is 66.6 Å². The van der Waals surface area contributed by atoms with Gasteiger partial charge in [-0.2, -0.15) is 0 Å². The molecule has 8 aromatic carbocycles. The quantitative estimate of drug-likeness (QED) is 0.172. The van der Waals surface area contributed by atoms with Crippen LogP contribution in [0.4, 0.5) is 0 Å². The molecule has 0 saturated carbocycles. The third-order valence-corrected chi connectivity index (χ3v) is 10.6. The van der Waals surface area contributed by atoms with E-state index in [-0.39, 0.29) is 0 Å². The number of rotatable bonds is 6. The van der Waals surface area contributed by atoms with Crippen LogP contribution in [-0.4, -0.2) is 19.5 Å². The number of hydrogen-bond donors (Lipinski definition) is 0. The van der Waals surface area contributed by atoms with Crippen LogP contribution in [0.15, 0.2) is 199 Å². The zero-order valence-electron chi connectivity index (χ0n) is 30.2. The van der Waals surface area contributed by atoms with Gasteiger partial charge in [-0.05, 0) is 76.9 Å². The zero-order chi connectivity index (χ0) is 37.0. The predicted molar refractivity (Wildman–Crippen MR) is 229 cm³/mol. The summed E-state index contributed by atoms with van der Waals surface area (Å²) in [7, 11) is 0. The molecule has 56 heavy (non-hydrogen) atoms. The van der Waals surface area contributed by atoms with Crippen LogP contribution in [0.25, 0.3) is 106 Å². The minimum absolute atomic E-state index is 0.615. The monoisotopic (exact) mass is 716 g/mol. The third-order valence-electron chi connectivity index (χ3n) is 10.6. The topological polar surface area (TPSA) is 56.7 Å². The number of fused-ring (bicyclic) bond motifs is 6. The lowest BCUT2D eigenvalue weighted by atomic mass is 9.93. The van der Waals surface area contributed by atoms with E-state index in [2.05, 4.69) is 126 Å². The number of aromatic nitrogens is 4. The van der Waals surface area contributed by atoms with Crippen LogP contribution in [0.3, 0.4) is 0 Å². The fourth-order valence-corrected chi connectivity index (χ4v) is 8.02. The Morgan fingerprint density at radius 1 is 0.339 bits per heavy atom. The SMILES string of the molecule is c1ccc(-c2nc(-c3ccccc3)nc(-c3cccc(-c4cc(-c5ccc6c(c5)c5ccccc5n6-c5ccccc5)cc5oc6ccccc6c45)c3)n2)cc1. The molecule has 3 heterocycles. The standard InChI is InChI=1S/C51H32N4O/c1-4-15-33(16-5-1)49-52-50(34-17-6-2-7-18-34)54-51(53-49)37-20-14-19-36(29-37)42-31-38(32-47-48(42)41-24-11-13-26-46(41)56-47)35-27-28-45-43(30-35)40-23-10-12-25-44(40)55(45)39-21-8-3-9-22-39/h1-32H. The van der Waals surface area contributed by atoms with E-state index in [1.165, 1.54) is 21.8 Å². The van der Waals surface area contributed by atoms with Crippen molar-refractivity contribution in [3.63, 3.8) is 0 Å². The Morgan fingerprint density at radius 3 is 1.64 bits per heavy atom. The first kappa shape index (κ1) is 31.9. The molecule has 262 valence electrons. The van der Waals surface area contributed by atoms with Gasteiger partial charge in [0.05, 0.1) is 11.0 Å². The average molecular weight is 717 g/mol. The number of nitrogens with zero attached hydrogens (tertiary/aromatic N) is 4. The van der Waals surface area contributed by atoms with Gasteiger partial charge in [0.1, 0.15) is 11.2 Å². The lowest BCUT2D eigenvalue weighted by Gasteiger charge is -2.12. The van der Waals surface area contributed by atoms with Crippen molar-refractivity contribution in [3.05, 3.63) is 194 Å². The minimum atomic E-state index is 0.615. The highest BCUT2D eigenvalue weighted by molar-refractivity contribution is 6.15. The Labute approximate surface area is 322 Å². The molecule has 0 N–H and O–H groups in total. The Hall–Kier alpha value is -7.63. The van der Waals surface area contributed by atoms with Crippen LogP contribution in [0.5, 0.6) is 0 Å². The largest absolute Gasteiger partial charge is 0.456 e. The first-order valence-electron chi connectivity index (χ1n) is 18.8. The molecule has 0 aliphatic carbocycles. The molecule has 0 atom stereocenters. The van der Waals surface area contributed by atoms with Crippen molar-refractivity contribution >= 4 is 43.7 Å². The molecule has 0 bridgehead atoms. The number of furan rings is 1. The predicted octanol–water partition coefficient (Wildman–Crippen LogP) is 13.2. The molecule has 11 rings (SSSR count). The number of para-hydroxylation sites is 3. The van der Waals surface area contributed by atoms with Crippen molar-refractivity contribution in [1.29, 1.82) is 0 Å². The highest BCUT2D eigenvalue weighted by Crippen LogP contribution is 2.42. The van der Waals surface area contributed by atoms with E-state index in [0.29, 0.717) is 17.5 Å². The summed E-state index contributed by atoms with van der Waals surface area (Å²) >= 11 is 0. The Morgan fingerprint density at radius 2 is 0.911 bits per heavy atom. The molecule has 0 saturated heterocycles. The van der Waals surface area contributed by atoms with E-state index < -0.39 is 0 Å². The maximum Gasteiger partial charge on any atom is 0.164 e.